The first-order valence-electron chi connectivity index (χ1n) is 10.0. The van der Waals surface area contributed by atoms with Crippen LogP contribution in [0.15, 0.2) is 42.5 Å². The first-order valence-corrected chi connectivity index (χ1v) is 11.1. The van der Waals surface area contributed by atoms with Crippen molar-refractivity contribution in [3.8, 4) is 6.07 Å². The maximum absolute atomic E-state index is 13.3. The number of nitriles is 1. The molecule has 0 bridgehead atoms. The quantitative estimate of drug-likeness (QED) is 0.478. The Morgan fingerprint density at radius 2 is 1.87 bits per heavy atom. The van der Waals surface area contributed by atoms with Gasteiger partial charge in [-0.2, -0.15) is 18.4 Å². The van der Waals surface area contributed by atoms with Gasteiger partial charge in [-0.25, -0.2) is 0 Å². The maximum Gasteiger partial charge on any atom is 0.417 e. The highest BCUT2D eigenvalue weighted by Gasteiger charge is 2.44. The van der Waals surface area contributed by atoms with E-state index in [0.29, 0.717) is 12.8 Å². The number of benzene rings is 2. The zero-order valence-electron chi connectivity index (χ0n) is 16.7. The predicted octanol–water partition coefficient (Wildman–Crippen LogP) is 5.67. The molecular weight excluding hydrogens is 520 g/mol. The molecule has 1 aliphatic rings. The van der Waals surface area contributed by atoms with E-state index in [9.17, 15) is 23.1 Å². The van der Waals surface area contributed by atoms with Crippen LogP contribution in [0.3, 0.4) is 0 Å². The van der Waals surface area contributed by atoms with Crippen molar-refractivity contribution in [2.45, 2.75) is 50.3 Å². The molecule has 1 atom stereocenters. The van der Waals surface area contributed by atoms with E-state index in [1.54, 1.807) is 0 Å². The van der Waals surface area contributed by atoms with Crippen molar-refractivity contribution >= 4 is 34.2 Å². The van der Waals surface area contributed by atoms with E-state index in [1.165, 1.54) is 12.1 Å². The summed E-state index contributed by atoms with van der Waals surface area (Å²) in [7, 11) is 0. The van der Waals surface area contributed by atoms with E-state index in [2.05, 4.69) is 27.9 Å². The highest BCUT2D eigenvalue weighted by atomic mass is 127. The molecule has 0 spiro atoms. The third-order valence-corrected chi connectivity index (χ3v) is 6.41. The molecule has 0 heterocycles. The molecule has 2 N–H and O–H groups in total. The second-order valence-electron chi connectivity index (χ2n) is 7.89. The molecule has 1 amide bonds. The van der Waals surface area contributed by atoms with E-state index in [4.69, 9.17) is 5.26 Å². The molecule has 2 aromatic rings. The molecule has 1 aliphatic carbocycles. The molecule has 1 unspecified atom stereocenters. The number of nitrogens with one attached hydrogen (secondary N) is 1. The summed E-state index contributed by atoms with van der Waals surface area (Å²) in [6, 6.07) is 12.0. The van der Waals surface area contributed by atoms with Crippen molar-refractivity contribution in [1.29, 1.82) is 5.26 Å². The predicted molar refractivity (Wildman–Crippen MR) is 119 cm³/mol. The molecule has 1 saturated carbocycles. The van der Waals surface area contributed by atoms with Crippen LogP contribution < -0.4 is 5.32 Å². The summed E-state index contributed by atoms with van der Waals surface area (Å²) < 4.78 is 40.8. The Bertz CT molecular complexity index is 997. The Morgan fingerprint density at radius 3 is 2.48 bits per heavy atom. The molecule has 0 aromatic heterocycles. The number of aliphatic hydroxyl groups is 1. The van der Waals surface area contributed by atoms with Gasteiger partial charge in [-0.1, -0.05) is 31.4 Å². The lowest BCUT2D eigenvalue weighted by atomic mass is 9.73. The minimum Gasteiger partial charge on any atom is -0.379 e. The number of hydrogen-bond acceptors (Lipinski definition) is 3. The number of carbonyl (C=O) groups is 1. The number of amides is 1. The third-order valence-electron chi connectivity index (χ3n) is 5.74. The zero-order valence-corrected chi connectivity index (χ0v) is 18.8. The fourth-order valence-electron chi connectivity index (χ4n) is 4.14. The standard InChI is InChI=1S/C23H22F3IN2O2/c24-23(25,26)20-12-19(10-9-16(20)14-28)29-21(30)22(31,17-6-2-1-3-7-17)13-15-5-4-8-18(27)11-15/h4-5,8-12,17,31H,1-3,6-7,13H2,(H,29,30). The average molecular weight is 542 g/mol. The van der Waals surface area contributed by atoms with Gasteiger partial charge in [-0.05, 0) is 77.2 Å². The summed E-state index contributed by atoms with van der Waals surface area (Å²) in [5.74, 6) is -1.02. The molecular formula is C23H22F3IN2O2. The van der Waals surface area contributed by atoms with E-state index < -0.39 is 28.8 Å². The van der Waals surface area contributed by atoms with Gasteiger partial charge in [-0.3, -0.25) is 4.79 Å². The number of carbonyl (C=O) groups excluding carboxylic acids is 1. The number of halogens is 4. The molecule has 31 heavy (non-hydrogen) atoms. The second kappa shape index (κ2) is 9.57. The fraction of sp³-hybridized carbons (Fsp3) is 0.391. The first-order chi connectivity index (χ1) is 14.6. The zero-order chi connectivity index (χ0) is 22.6. The molecule has 3 rings (SSSR count). The van der Waals surface area contributed by atoms with Crippen molar-refractivity contribution in [2.75, 3.05) is 5.32 Å². The van der Waals surface area contributed by atoms with Gasteiger partial charge in [0, 0.05) is 15.7 Å². The molecule has 0 radical (unpaired) electrons. The molecule has 4 nitrogen and oxygen atoms in total. The van der Waals surface area contributed by atoms with Gasteiger partial charge in [0.25, 0.3) is 5.91 Å². The number of anilines is 1. The van der Waals surface area contributed by atoms with Crippen LogP contribution in [0.1, 0.15) is 48.8 Å². The maximum atomic E-state index is 13.3. The summed E-state index contributed by atoms with van der Waals surface area (Å²) in [5.41, 5.74) is -2.71. The van der Waals surface area contributed by atoms with Crippen LogP contribution in [-0.4, -0.2) is 16.6 Å². The molecule has 8 heteroatoms. The van der Waals surface area contributed by atoms with Gasteiger partial charge in [0.2, 0.25) is 0 Å². The summed E-state index contributed by atoms with van der Waals surface area (Å²) in [5, 5.41) is 23.0. The van der Waals surface area contributed by atoms with Crippen LogP contribution in [0.5, 0.6) is 0 Å². The Labute approximate surface area is 192 Å². The largest absolute Gasteiger partial charge is 0.417 e. The smallest absolute Gasteiger partial charge is 0.379 e. The van der Waals surface area contributed by atoms with Crippen LogP contribution in [0.2, 0.25) is 0 Å². The highest BCUT2D eigenvalue weighted by Crippen LogP contribution is 2.37. The summed E-state index contributed by atoms with van der Waals surface area (Å²) >= 11 is 2.15. The third kappa shape index (κ3) is 5.57. The normalized spacial score (nSPS) is 16.9. The summed E-state index contributed by atoms with van der Waals surface area (Å²) in [6.45, 7) is 0. The Kier molecular flexibility index (Phi) is 7.27. The molecule has 1 fully saturated rings. The average Bonchev–Trinajstić information content (AvgIpc) is 2.73. The van der Waals surface area contributed by atoms with Crippen molar-refractivity contribution in [2.24, 2.45) is 5.92 Å². The van der Waals surface area contributed by atoms with Gasteiger partial charge >= 0.3 is 6.18 Å². The van der Waals surface area contributed by atoms with E-state index in [-0.39, 0.29) is 18.0 Å². The van der Waals surface area contributed by atoms with Gasteiger partial charge in [0.1, 0.15) is 5.60 Å². The minimum atomic E-state index is -4.73. The highest BCUT2D eigenvalue weighted by molar-refractivity contribution is 14.1. The van der Waals surface area contributed by atoms with E-state index >= 15 is 0 Å². The Hall–Kier alpha value is -2.12. The van der Waals surface area contributed by atoms with Crippen molar-refractivity contribution in [3.63, 3.8) is 0 Å². The van der Waals surface area contributed by atoms with Gasteiger partial charge in [-0.15, -0.1) is 0 Å². The SMILES string of the molecule is N#Cc1ccc(NC(=O)C(O)(Cc2cccc(I)c2)C2CCCCC2)cc1C(F)(F)F. The fourth-order valence-corrected chi connectivity index (χ4v) is 4.75. The lowest BCUT2D eigenvalue weighted by molar-refractivity contribution is -0.142. The lowest BCUT2D eigenvalue weighted by Gasteiger charge is -2.37. The van der Waals surface area contributed by atoms with Crippen molar-refractivity contribution in [3.05, 3.63) is 62.7 Å². The molecule has 164 valence electrons. The van der Waals surface area contributed by atoms with E-state index in [1.807, 2.05) is 24.3 Å². The molecule has 0 aliphatic heterocycles. The van der Waals surface area contributed by atoms with Crippen LogP contribution >= 0.6 is 22.6 Å². The van der Waals surface area contributed by atoms with Crippen LogP contribution in [0.25, 0.3) is 0 Å². The Balaban J connectivity index is 1.92. The van der Waals surface area contributed by atoms with Crippen LogP contribution in [0, 0.1) is 20.8 Å². The second-order valence-corrected chi connectivity index (χ2v) is 9.14. The number of hydrogen-bond donors (Lipinski definition) is 2. The van der Waals surface area contributed by atoms with Gasteiger partial charge in [0.05, 0.1) is 17.2 Å². The molecule has 2 aromatic carbocycles. The van der Waals surface area contributed by atoms with Crippen LogP contribution in [0.4, 0.5) is 18.9 Å². The first kappa shape index (κ1) is 23.5. The monoisotopic (exact) mass is 542 g/mol. The number of rotatable bonds is 5. The summed E-state index contributed by atoms with van der Waals surface area (Å²) in [6.07, 6.45) is -0.496. The molecule has 0 saturated heterocycles. The van der Waals surface area contributed by atoms with Crippen molar-refractivity contribution < 1.29 is 23.1 Å². The van der Waals surface area contributed by atoms with Crippen LogP contribution in [-0.2, 0) is 17.4 Å². The lowest BCUT2D eigenvalue weighted by Crippen LogP contribution is -2.51. The minimum absolute atomic E-state index is 0.0722. The topological polar surface area (TPSA) is 73.1 Å². The van der Waals surface area contributed by atoms with Crippen molar-refractivity contribution in [1.82, 2.24) is 0 Å². The number of nitrogens with zero attached hydrogens (tertiary/aromatic N) is 1. The van der Waals surface area contributed by atoms with Gasteiger partial charge in [0.15, 0.2) is 0 Å². The van der Waals surface area contributed by atoms with Gasteiger partial charge < -0.3 is 10.4 Å². The summed E-state index contributed by atoms with van der Waals surface area (Å²) in [4.78, 5) is 13.2. The van der Waals surface area contributed by atoms with E-state index in [0.717, 1.165) is 40.5 Å². The number of alkyl halides is 3. The Morgan fingerprint density at radius 1 is 1.16 bits per heavy atom.